The Morgan fingerprint density at radius 1 is 1.35 bits per heavy atom. The number of aromatic nitrogens is 1. The molecule has 0 fully saturated rings. The second-order valence-corrected chi connectivity index (χ2v) is 4.22. The first kappa shape index (κ1) is 14.3. The van der Waals surface area contributed by atoms with Gasteiger partial charge in [0, 0.05) is 11.8 Å². The molecule has 0 spiro atoms. The molecule has 20 heavy (non-hydrogen) atoms. The van der Waals surface area contributed by atoms with Crippen molar-refractivity contribution in [3.63, 3.8) is 0 Å². The first-order chi connectivity index (χ1) is 9.80. The van der Waals surface area contributed by atoms with Gasteiger partial charge in [-0.2, -0.15) is 0 Å². The van der Waals surface area contributed by atoms with Crippen molar-refractivity contribution in [1.82, 2.24) is 10.4 Å². The minimum Gasteiger partial charge on any atom is -0.495 e. The largest absolute Gasteiger partial charge is 0.495 e. The summed E-state index contributed by atoms with van der Waals surface area (Å²) >= 11 is 0. The molecular formula is C15H19N3O2. The van der Waals surface area contributed by atoms with Crippen molar-refractivity contribution < 1.29 is 9.47 Å². The third-order valence-electron chi connectivity index (χ3n) is 3.02. The average molecular weight is 273 g/mol. The van der Waals surface area contributed by atoms with Gasteiger partial charge in [-0.3, -0.25) is 10.8 Å². The van der Waals surface area contributed by atoms with Crippen molar-refractivity contribution in [3.8, 4) is 11.5 Å². The molecule has 2 aromatic rings. The summed E-state index contributed by atoms with van der Waals surface area (Å²) in [6.45, 7) is 2.58. The molecule has 0 radical (unpaired) electrons. The van der Waals surface area contributed by atoms with Crippen LogP contribution in [-0.2, 0) is 0 Å². The number of hydrogen-bond donors (Lipinski definition) is 2. The molecule has 1 atom stereocenters. The van der Waals surface area contributed by atoms with Gasteiger partial charge >= 0.3 is 0 Å². The van der Waals surface area contributed by atoms with Crippen LogP contribution in [0.15, 0.2) is 42.7 Å². The highest BCUT2D eigenvalue weighted by atomic mass is 16.5. The standard InChI is InChI=1S/C15H19N3O2/c1-3-20-12-6-4-5-11(9-12)15(18-16)13-7-8-17-10-14(13)19-2/h4-10,15,18H,3,16H2,1-2H3. The fourth-order valence-electron chi connectivity index (χ4n) is 2.12. The number of pyridine rings is 1. The Kier molecular flexibility index (Phi) is 4.92. The third-order valence-corrected chi connectivity index (χ3v) is 3.02. The summed E-state index contributed by atoms with van der Waals surface area (Å²) in [6.07, 6.45) is 3.39. The summed E-state index contributed by atoms with van der Waals surface area (Å²) in [4.78, 5) is 4.06. The highest BCUT2D eigenvalue weighted by molar-refractivity contribution is 5.41. The second-order valence-electron chi connectivity index (χ2n) is 4.22. The molecule has 106 valence electrons. The van der Waals surface area contributed by atoms with Gasteiger partial charge in [0.25, 0.3) is 0 Å². The molecule has 0 bridgehead atoms. The molecule has 1 aromatic heterocycles. The van der Waals surface area contributed by atoms with E-state index in [1.165, 1.54) is 0 Å². The normalized spacial score (nSPS) is 11.9. The Morgan fingerprint density at radius 2 is 2.20 bits per heavy atom. The van der Waals surface area contributed by atoms with Gasteiger partial charge in [0.2, 0.25) is 0 Å². The van der Waals surface area contributed by atoms with Gasteiger partial charge in [-0.15, -0.1) is 0 Å². The van der Waals surface area contributed by atoms with Crippen LogP contribution in [0, 0.1) is 0 Å². The first-order valence-corrected chi connectivity index (χ1v) is 6.47. The van der Waals surface area contributed by atoms with E-state index in [1.54, 1.807) is 19.5 Å². The number of nitrogens with one attached hydrogen (secondary N) is 1. The lowest BCUT2D eigenvalue weighted by atomic mass is 9.99. The minimum atomic E-state index is -0.187. The van der Waals surface area contributed by atoms with E-state index in [0.717, 1.165) is 16.9 Å². The summed E-state index contributed by atoms with van der Waals surface area (Å²) < 4.78 is 10.9. The molecule has 1 aromatic carbocycles. The molecule has 1 unspecified atom stereocenters. The lowest BCUT2D eigenvalue weighted by Crippen LogP contribution is -2.29. The van der Waals surface area contributed by atoms with Crippen molar-refractivity contribution in [3.05, 3.63) is 53.9 Å². The third kappa shape index (κ3) is 3.07. The number of ether oxygens (including phenoxy) is 2. The van der Waals surface area contributed by atoms with Crippen LogP contribution in [-0.4, -0.2) is 18.7 Å². The monoisotopic (exact) mass is 273 g/mol. The Hall–Kier alpha value is -2.11. The number of nitrogens with zero attached hydrogens (tertiary/aromatic N) is 1. The van der Waals surface area contributed by atoms with Gasteiger partial charge in [-0.25, -0.2) is 5.43 Å². The SMILES string of the molecule is CCOc1cccc(C(NN)c2ccncc2OC)c1. The summed E-state index contributed by atoms with van der Waals surface area (Å²) in [5, 5.41) is 0. The zero-order valence-corrected chi connectivity index (χ0v) is 11.7. The maximum atomic E-state index is 5.72. The van der Waals surface area contributed by atoms with Crippen LogP contribution in [0.2, 0.25) is 0 Å². The zero-order valence-electron chi connectivity index (χ0n) is 11.7. The highest BCUT2D eigenvalue weighted by Crippen LogP contribution is 2.30. The highest BCUT2D eigenvalue weighted by Gasteiger charge is 2.17. The summed E-state index contributed by atoms with van der Waals surface area (Å²) in [7, 11) is 1.62. The van der Waals surface area contributed by atoms with E-state index in [1.807, 2.05) is 37.3 Å². The molecule has 0 saturated carbocycles. The van der Waals surface area contributed by atoms with Crippen LogP contribution in [0.1, 0.15) is 24.1 Å². The number of methoxy groups -OCH3 is 1. The van der Waals surface area contributed by atoms with Crippen LogP contribution >= 0.6 is 0 Å². The van der Waals surface area contributed by atoms with E-state index in [-0.39, 0.29) is 6.04 Å². The molecule has 0 aliphatic heterocycles. The molecule has 5 heteroatoms. The molecule has 0 aliphatic carbocycles. The smallest absolute Gasteiger partial charge is 0.142 e. The molecule has 0 saturated heterocycles. The van der Waals surface area contributed by atoms with Crippen molar-refractivity contribution >= 4 is 0 Å². The van der Waals surface area contributed by atoms with E-state index < -0.39 is 0 Å². The van der Waals surface area contributed by atoms with Crippen LogP contribution in [0.3, 0.4) is 0 Å². The van der Waals surface area contributed by atoms with Crippen LogP contribution in [0.25, 0.3) is 0 Å². The first-order valence-electron chi connectivity index (χ1n) is 6.47. The van der Waals surface area contributed by atoms with Crippen molar-refractivity contribution in [2.24, 2.45) is 5.84 Å². The van der Waals surface area contributed by atoms with Gasteiger partial charge in [0.05, 0.1) is 26.0 Å². The van der Waals surface area contributed by atoms with Gasteiger partial charge in [0.15, 0.2) is 0 Å². The Balaban J connectivity index is 2.39. The van der Waals surface area contributed by atoms with Gasteiger partial charge in [-0.05, 0) is 30.7 Å². The predicted octanol–water partition coefficient (Wildman–Crippen LogP) is 2.04. The molecule has 1 heterocycles. The predicted molar refractivity (Wildman–Crippen MR) is 77.6 cm³/mol. The van der Waals surface area contributed by atoms with Gasteiger partial charge in [0.1, 0.15) is 11.5 Å². The maximum Gasteiger partial charge on any atom is 0.142 e. The summed E-state index contributed by atoms with van der Waals surface area (Å²) in [5.41, 5.74) is 4.75. The lowest BCUT2D eigenvalue weighted by Gasteiger charge is -2.19. The number of hydrogen-bond acceptors (Lipinski definition) is 5. The van der Waals surface area contributed by atoms with E-state index in [4.69, 9.17) is 15.3 Å². The zero-order chi connectivity index (χ0) is 14.4. The molecule has 2 rings (SSSR count). The van der Waals surface area contributed by atoms with E-state index in [9.17, 15) is 0 Å². The minimum absolute atomic E-state index is 0.187. The number of rotatable bonds is 6. The Morgan fingerprint density at radius 3 is 2.90 bits per heavy atom. The quantitative estimate of drug-likeness (QED) is 0.622. The van der Waals surface area contributed by atoms with Crippen molar-refractivity contribution in [2.45, 2.75) is 13.0 Å². The lowest BCUT2D eigenvalue weighted by molar-refractivity contribution is 0.339. The fourth-order valence-corrected chi connectivity index (χ4v) is 2.12. The van der Waals surface area contributed by atoms with E-state index in [0.29, 0.717) is 12.4 Å². The molecular weight excluding hydrogens is 254 g/mol. The fraction of sp³-hybridized carbons (Fsp3) is 0.267. The molecule has 0 amide bonds. The van der Waals surface area contributed by atoms with Crippen LogP contribution in [0.5, 0.6) is 11.5 Å². The Bertz CT molecular complexity index is 560. The van der Waals surface area contributed by atoms with Gasteiger partial charge < -0.3 is 9.47 Å². The van der Waals surface area contributed by atoms with Gasteiger partial charge in [-0.1, -0.05) is 12.1 Å². The van der Waals surface area contributed by atoms with E-state index in [2.05, 4.69) is 10.4 Å². The Labute approximate surface area is 118 Å². The second kappa shape index (κ2) is 6.88. The molecule has 0 aliphatic rings. The van der Waals surface area contributed by atoms with Crippen molar-refractivity contribution in [1.29, 1.82) is 0 Å². The number of hydrazine groups is 1. The molecule has 3 N–H and O–H groups in total. The topological polar surface area (TPSA) is 69.4 Å². The van der Waals surface area contributed by atoms with Crippen LogP contribution < -0.4 is 20.7 Å². The average Bonchev–Trinajstić information content (AvgIpc) is 2.49. The van der Waals surface area contributed by atoms with E-state index >= 15 is 0 Å². The molecule has 5 nitrogen and oxygen atoms in total. The number of nitrogens with two attached hydrogens (primary N) is 1. The number of benzene rings is 1. The van der Waals surface area contributed by atoms with Crippen LogP contribution in [0.4, 0.5) is 0 Å². The summed E-state index contributed by atoms with van der Waals surface area (Å²) in [6, 6.07) is 9.52. The summed E-state index contributed by atoms with van der Waals surface area (Å²) in [5.74, 6) is 7.23. The maximum absolute atomic E-state index is 5.72. The van der Waals surface area contributed by atoms with Crippen molar-refractivity contribution in [2.75, 3.05) is 13.7 Å².